The second-order valence-electron chi connectivity index (χ2n) is 4.58. The summed E-state index contributed by atoms with van der Waals surface area (Å²) in [7, 11) is 5.85. The number of hydrogen-bond donors (Lipinski definition) is 1. The van der Waals surface area contributed by atoms with E-state index in [-0.39, 0.29) is 5.69 Å². The fourth-order valence-electron chi connectivity index (χ4n) is 1.54. The molecule has 0 saturated heterocycles. The maximum atomic E-state index is 10.9. The van der Waals surface area contributed by atoms with Crippen LogP contribution in [0, 0.1) is 10.1 Å². The van der Waals surface area contributed by atoms with E-state index in [0.29, 0.717) is 18.2 Å². The average molecular weight is 267 g/mol. The molecule has 0 aliphatic carbocycles. The molecule has 1 heterocycles. The van der Waals surface area contributed by atoms with Gasteiger partial charge in [0.25, 0.3) is 5.69 Å². The van der Waals surface area contributed by atoms with Gasteiger partial charge >= 0.3 is 0 Å². The summed E-state index contributed by atoms with van der Waals surface area (Å²) in [6, 6.07) is 2.95. The predicted octanol–water partition coefficient (Wildman–Crippen LogP) is 1.42. The number of aromatic nitrogens is 1. The van der Waals surface area contributed by atoms with Crippen LogP contribution in [0.4, 0.5) is 17.3 Å². The second kappa shape index (κ2) is 6.89. The molecular weight excluding hydrogens is 246 g/mol. The molecule has 1 aromatic heterocycles. The summed E-state index contributed by atoms with van der Waals surface area (Å²) in [5, 5.41) is 13.9. The molecule has 0 fully saturated rings. The van der Waals surface area contributed by atoms with Gasteiger partial charge in [0.2, 0.25) is 0 Å². The van der Waals surface area contributed by atoms with E-state index < -0.39 is 4.92 Å². The summed E-state index contributed by atoms with van der Waals surface area (Å²) in [5.74, 6) is 1.13. The van der Waals surface area contributed by atoms with Crippen molar-refractivity contribution in [2.24, 2.45) is 0 Å². The zero-order valence-electron chi connectivity index (χ0n) is 11.9. The zero-order valence-corrected chi connectivity index (χ0v) is 11.9. The highest BCUT2D eigenvalue weighted by atomic mass is 16.6. The van der Waals surface area contributed by atoms with Gasteiger partial charge in [0.05, 0.1) is 17.1 Å². The van der Waals surface area contributed by atoms with Crippen molar-refractivity contribution in [2.75, 3.05) is 51.0 Å². The number of nitrogens with zero attached hydrogens (tertiary/aromatic N) is 4. The van der Waals surface area contributed by atoms with Gasteiger partial charge in [-0.1, -0.05) is 0 Å². The Bertz CT molecular complexity index is 436. The largest absolute Gasteiger partial charge is 0.370 e. The van der Waals surface area contributed by atoms with Gasteiger partial charge < -0.3 is 15.1 Å². The van der Waals surface area contributed by atoms with Crippen molar-refractivity contribution < 1.29 is 4.92 Å². The summed E-state index contributed by atoms with van der Waals surface area (Å²) in [4.78, 5) is 18.9. The van der Waals surface area contributed by atoms with Crippen LogP contribution in [0.3, 0.4) is 0 Å². The van der Waals surface area contributed by atoms with Gasteiger partial charge in [-0.25, -0.2) is 4.98 Å². The molecule has 7 heteroatoms. The second-order valence-corrected chi connectivity index (χ2v) is 4.58. The quantitative estimate of drug-likeness (QED) is 0.595. The topological polar surface area (TPSA) is 74.5 Å². The molecule has 0 amide bonds. The minimum atomic E-state index is -0.397. The lowest BCUT2D eigenvalue weighted by Crippen LogP contribution is -2.29. The van der Waals surface area contributed by atoms with E-state index in [1.165, 1.54) is 12.1 Å². The fraction of sp³-hybridized carbons (Fsp3) is 0.583. The van der Waals surface area contributed by atoms with Crippen molar-refractivity contribution in [1.29, 1.82) is 0 Å². The van der Waals surface area contributed by atoms with Gasteiger partial charge in [-0.2, -0.15) is 0 Å². The third kappa shape index (κ3) is 4.70. The minimum Gasteiger partial charge on any atom is -0.370 e. The molecular formula is C12H21N5O2. The molecule has 0 bridgehead atoms. The van der Waals surface area contributed by atoms with Crippen LogP contribution in [-0.2, 0) is 0 Å². The molecule has 106 valence electrons. The summed E-state index contributed by atoms with van der Waals surface area (Å²) >= 11 is 0. The first kappa shape index (κ1) is 15.2. The first-order valence-electron chi connectivity index (χ1n) is 6.20. The molecule has 0 aliphatic heterocycles. The lowest BCUT2D eigenvalue weighted by atomic mass is 10.3. The molecule has 0 spiro atoms. The van der Waals surface area contributed by atoms with Crippen LogP contribution in [0.2, 0.25) is 0 Å². The van der Waals surface area contributed by atoms with Crippen LogP contribution < -0.4 is 10.2 Å². The molecule has 0 saturated carbocycles. The van der Waals surface area contributed by atoms with E-state index in [4.69, 9.17) is 0 Å². The molecule has 7 nitrogen and oxygen atoms in total. The number of anilines is 2. The van der Waals surface area contributed by atoms with Crippen LogP contribution >= 0.6 is 0 Å². The van der Waals surface area contributed by atoms with Crippen molar-refractivity contribution in [3.8, 4) is 0 Å². The lowest BCUT2D eigenvalue weighted by Gasteiger charge is -2.21. The molecule has 1 rings (SSSR count). The van der Waals surface area contributed by atoms with Crippen molar-refractivity contribution in [1.82, 2.24) is 9.88 Å². The van der Waals surface area contributed by atoms with Gasteiger partial charge in [0, 0.05) is 26.7 Å². The fourth-order valence-corrected chi connectivity index (χ4v) is 1.54. The van der Waals surface area contributed by atoms with E-state index >= 15 is 0 Å². The van der Waals surface area contributed by atoms with E-state index in [0.717, 1.165) is 13.1 Å². The maximum absolute atomic E-state index is 10.9. The third-order valence-corrected chi connectivity index (χ3v) is 2.64. The van der Waals surface area contributed by atoms with Crippen LogP contribution in [0.15, 0.2) is 12.1 Å². The van der Waals surface area contributed by atoms with Crippen molar-refractivity contribution in [3.05, 3.63) is 22.2 Å². The van der Waals surface area contributed by atoms with Crippen LogP contribution in [0.5, 0.6) is 0 Å². The van der Waals surface area contributed by atoms with Gasteiger partial charge in [0.1, 0.15) is 11.6 Å². The summed E-state index contributed by atoms with van der Waals surface area (Å²) in [5.41, 5.74) is 0.0534. The van der Waals surface area contributed by atoms with Gasteiger partial charge in [0.15, 0.2) is 0 Å². The average Bonchev–Trinajstić information content (AvgIpc) is 2.35. The normalized spacial score (nSPS) is 10.6. The Hall–Kier alpha value is -1.89. The number of pyridine rings is 1. The highest BCUT2D eigenvalue weighted by Crippen LogP contribution is 2.22. The minimum absolute atomic E-state index is 0.0534. The van der Waals surface area contributed by atoms with Crippen LogP contribution in [0.25, 0.3) is 0 Å². The summed E-state index contributed by atoms with van der Waals surface area (Å²) in [6.07, 6.45) is 0. The van der Waals surface area contributed by atoms with E-state index in [1.54, 1.807) is 0 Å². The Morgan fingerprint density at radius 2 is 2.00 bits per heavy atom. The van der Waals surface area contributed by atoms with E-state index in [2.05, 4.69) is 15.2 Å². The Labute approximate surface area is 113 Å². The maximum Gasteiger partial charge on any atom is 0.276 e. The van der Waals surface area contributed by atoms with Crippen molar-refractivity contribution in [3.63, 3.8) is 0 Å². The zero-order chi connectivity index (χ0) is 14.4. The number of rotatable bonds is 7. The molecule has 0 unspecified atom stereocenters. The Morgan fingerprint density at radius 1 is 1.32 bits per heavy atom. The monoisotopic (exact) mass is 267 g/mol. The third-order valence-electron chi connectivity index (χ3n) is 2.64. The summed E-state index contributed by atoms with van der Waals surface area (Å²) < 4.78 is 0. The number of nitro groups is 1. The molecule has 0 atom stereocenters. The van der Waals surface area contributed by atoms with Gasteiger partial charge in [-0.15, -0.1) is 0 Å². The number of nitrogens with one attached hydrogen (secondary N) is 1. The summed E-state index contributed by atoms with van der Waals surface area (Å²) in [6.45, 7) is 4.22. The smallest absolute Gasteiger partial charge is 0.276 e. The number of likely N-dealkylation sites (N-methyl/N-ethyl adjacent to an activating group) is 2. The highest BCUT2D eigenvalue weighted by molar-refractivity contribution is 5.55. The van der Waals surface area contributed by atoms with Gasteiger partial charge in [-0.05, 0) is 21.0 Å². The Balaban J connectivity index is 2.94. The highest BCUT2D eigenvalue weighted by Gasteiger charge is 2.13. The Morgan fingerprint density at radius 3 is 2.53 bits per heavy atom. The van der Waals surface area contributed by atoms with Crippen molar-refractivity contribution in [2.45, 2.75) is 6.92 Å². The van der Waals surface area contributed by atoms with E-state index in [9.17, 15) is 10.1 Å². The van der Waals surface area contributed by atoms with Crippen LogP contribution in [-0.4, -0.2) is 55.6 Å². The molecule has 0 aliphatic rings. The van der Waals surface area contributed by atoms with E-state index in [1.807, 2.05) is 33.0 Å². The van der Waals surface area contributed by atoms with Gasteiger partial charge in [-0.3, -0.25) is 10.1 Å². The molecule has 1 aromatic rings. The molecule has 1 N–H and O–H groups in total. The SMILES string of the molecule is CCNc1cc([N+](=O)[O-])cc(N(C)CCN(C)C)n1. The number of hydrogen-bond acceptors (Lipinski definition) is 6. The van der Waals surface area contributed by atoms with Crippen molar-refractivity contribution >= 4 is 17.3 Å². The first-order valence-corrected chi connectivity index (χ1v) is 6.20. The predicted molar refractivity (Wildman–Crippen MR) is 76.9 cm³/mol. The Kier molecular flexibility index (Phi) is 5.50. The van der Waals surface area contributed by atoms with Crippen LogP contribution in [0.1, 0.15) is 6.92 Å². The lowest BCUT2D eigenvalue weighted by molar-refractivity contribution is -0.384. The first-order chi connectivity index (χ1) is 8.93. The molecule has 19 heavy (non-hydrogen) atoms. The standard InChI is InChI=1S/C12H21N5O2/c1-5-13-11-8-10(17(18)19)9-12(14-11)16(4)7-6-15(2)3/h8-9H,5-7H2,1-4H3,(H,13,14). The molecule has 0 aromatic carbocycles. The molecule has 0 radical (unpaired) electrons.